The zero-order valence-electron chi connectivity index (χ0n) is 14.9. The molecule has 0 bridgehead atoms. The maximum atomic E-state index is 14.2. The van der Waals surface area contributed by atoms with E-state index in [4.69, 9.17) is 4.74 Å². The number of rotatable bonds is 4. The Hall–Kier alpha value is -2.51. The van der Waals surface area contributed by atoms with Crippen LogP contribution in [0.3, 0.4) is 0 Å². The number of nitrogens with zero attached hydrogens (tertiary/aromatic N) is 5. The minimum Gasteiger partial charge on any atom is -0.470 e. The van der Waals surface area contributed by atoms with Crippen LogP contribution in [0.1, 0.15) is 40.8 Å². The third-order valence-electron chi connectivity index (χ3n) is 4.60. The Morgan fingerprint density at radius 3 is 2.80 bits per heavy atom. The van der Waals surface area contributed by atoms with E-state index in [0.717, 1.165) is 5.69 Å². The number of aryl methyl sites for hydroxylation is 3. The first-order chi connectivity index (χ1) is 11.9. The standard InChI is InChI=1S/C17H22FN5O2/c1-5-13-15(18)16(20-9-19-13)25-12-6-7-23(8-12)17(24)14-10(2)21-22(4)11(14)3/h9,12H,5-8H2,1-4H3/t12-/m1/s1. The van der Waals surface area contributed by atoms with Crippen molar-refractivity contribution in [2.24, 2.45) is 7.05 Å². The first kappa shape index (κ1) is 17.3. The van der Waals surface area contributed by atoms with Crippen LogP contribution in [0.25, 0.3) is 0 Å². The summed E-state index contributed by atoms with van der Waals surface area (Å²) in [6.45, 7) is 6.48. The number of carbonyl (C=O) groups excluding carboxylic acids is 1. The highest BCUT2D eigenvalue weighted by atomic mass is 19.1. The van der Waals surface area contributed by atoms with E-state index in [9.17, 15) is 9.18 Å². The molecule has 0 aromatic carbocycles. The van der Waals surface area contributed by atoms with Crippen molar-refractivity contribution in [3.63, 3.8) is 0 Å². The second-order valence-corrected chi connectivity index (χ2v) is 6.24. The number of ether oxygens (including phenoxy) is 1. The van der Waals surface area contributed by atoms with Gasteiger partial charge in [-0.3, -0.25) is 9.48 Å². The van der Waals surface area contributed by atoms with Crippen LogP contribution >= 0.6 is 0 Å². The SMILES string of the molecule is CCc1ncnc(O[C@@H]2CCN(C(=O)c3c(C)nn(C)c3C)C2)c1F. The Labute approximate surface area is 145 Å². The molecule has 2 aromatic heterocycles. The Morgan fingerprint density at radius 2 is 2.16 bits per heavy atom. The van der Waals surface area contributed by atoms with Crippen LogP contribution in [0, 0.1) is 19.7 Å². The maximum absolute atomic E-state index is 14.2. The molecule has 3 rings (SSSR count). The minimum absolute atomic E-state index is 0.0418. The maximum Gasteiger partial charge on any atom is 0.257 e. The van der Waals surface area contributed by atoms with Gasteiger partial charge >= 0.3 is 0 Å². The van der Waals surface area contributed by atoms with Gasteiger partial charge in [0.2, 0.25) is 5.82 Å². The number of hydrogen-bond donors (Lipinski definition) is 0. The fourth-order valence-corrected chi connectivity index (χ4v) is 3.12. The van der Waals surface area contributed by atoms with E-state index in [-0.39, 0.29) is 17.9 Å². The number of halogens is 1. The van der Waals surface area contributed by atoms with Crippen LogP contribution in [0.5, 0.6) is 5.88 Å². The molecule has 3 heterocycles. The Bertz CT molecular complexity index is 805. The average molecular weight is 347 g/mol. The molecule has 1 saturated heterocycles. The van der Waals surface area contributed by atoms with E-state index in [1.807, 2.05) is 27.8 Å². The van der Waals surface area contributed by atoms with Crippen LogP contribution in [0.2, 0.25) is 0 Å². The molecular weight excluding hydrogens is 325 g/mol. The molecule has 1 amide bonds. The van der Waals surface area contributed by atoms with Crippen LogP contribution in [0.4, 0.5) is 4.39 Å². The van der Waals surface area contributed by atoms with Gasteiger partial charge in [0, 0.05) is 25.7 Å². The van der Waals surface area contributed by atoms with E-state index in [2.05, 4.69) is 15.1 Å². The van der Waals surface area contributed by atoms with Crippen molar-refractivity contribution < 1.29 is 13.9 Å². The summed E-state index contributed by atoms with van der Waals surface area (Å²) >= 11 is 0. The van der Waals surface area contributed by atoms with Crippen LogP contribution < -0.4 is 4.74 Å². The average Bonchev–Trinajstić information content (AvgIpc) is 3.14. The third-order valence-corrected chi connectivity index (χ3v) is 4.60. The summed E-state index contributed by atoms with van der Waals surface area (Å²) in [5.41, 5.74) is 2.51. The molecule has 0 spiro atoms. The van der Waals surface area contributed by atoms with E-state index in [1.165, 1.54) is 6.33 Å². The molecule has 25 heavy (non-hydrogen) atoms. The first-order valence-corrected chi connectivity index (χ1v) is 8.37. The predicted octanol–water partition coefficient (Wildman–Crippen LogP) is 1.82. The molecule has 0 unspecified atom stereocenters. The predicted molar refractivity (Wildman–Crippen MR) is 89.0 cm³/mol. The zero-order valence-corrected chi connectivity index (χ0v) is 14.9. The summed E-state index contributed by atoms with van der Waals surface area (Å²) in [6, 6.07) is 0. The second-order valence-electron chi connectivity index (χ2n) is 6.24. The highest BCUT2D eigenvalue weighted by Crippen LogP contribution is 2.23. The van der Waals surface area contributed by atoms with Gasteiger partial charge in [-0.1, -0.05) is 6.92 Å². The van der Waals surface area contributed by atoms with Crippen LogP contribution in [0.15, 0.2) is 6.33 Å². The Balaban J connectivity index is 1.71. The molecule has 1 fully saturated rings. The molecule has 1 aliphatic heterocycles. The largest absolute Gasteiger partial charge is 0.470 e. The number of amides is 1. The van der Waals surface area contributed by atoms with Gasteiger partial charge in [0.25, 0.3) is 11.8 Å². The monoisotopic (exact) mass is 347 g/mol. The number of carbonyl (C=O) groups is 1. The highest BCUT2D eigenvalue weighted by molar-refractivity contribution is 5.96. The van der Waals surface area contributed by atoms with E-state index >= 15 is 0 Å². The van der Waals surface area contributed by atoms with Crippen molar-refractivity contribution in [3.05, 3.63) is 34.8 Å². The van der Waals surface area contributed by atoms with Crippen molar-refractivity contribution in [1.29, 1.82) is 0 Å². The summed E-state index contributed by atoms with van der Waals surface area (Å²) in [4.78, 5) is 22.3. The van der Waals surface area contributed by atoms with Crippen molar-refractivity contribution in [2.75, 3.05) is 13.1 Å². The normalized spacial score (nSPS) is 17.2. The van der Waals surface area contributed by atoms with Gasteiger partial charge in [-0.15, -0.1) is 0 Å². The van der Waals surface area contributed by atoms with Crippen molar-refractivity contribution >= 4 is 5.91 Å². The molecule has 2 aromatic rings. The fourth-order valence-electron chi connectivity index (χ4n) is 3.12. The minimum atomic E-state index is -0.520. The van der Waals surface area contributed by atoms with Gasteiger partial charge in [0.05, 0.1) is 23.5 Å². The smallest absolute Gasteiger partial charge is 0.257 e. The summed E-state index contributed by atoms with van der Waals surface area (Å²) < 4.78 is 21.6. The number of likely N-dealkylation sites (tertiary alicyclic amines) is 1. The molecule has 1 aliphatic rings. The van der Waals surface area contributed by atoms with Gasteiger partial charge in [-0.2, -0.15) is 14.5 Å². The molecule has 134 valence electrons. The molecule has 8 heteroatoms. The van der Waals surface area contributed by atoms with Crippen molar-refractivity contribution in [3.8, 4) is 5.88 Å². The Morgan fingerprint density at radius 1 is 1.40 bits per heavy atom. The molecule has 0 radical (unpaired) electrons. The third kappa shape index (κ3) is 3.20. The van der Waals surface area contributed by atoms with Gasteiger partial charge in [-0.25, -0.2) is 4.98 Å². The lowest BCUT2D eigenvalue weighted by atomic mass is 10.2. The lowest BCUT2D eigenvalue weighted by Gasteiger charge is -2.17. The fraction of sp³-hybridized carbons (Fsp3) is 0.529. The van der Waals surface area contributed by atoms with E-state index < -0.39 is 5.82 Å². The number of aromatic nitrogens is 4. The molecule has 7 nitrogen and oxygen atoms in total. The van der Waals surface area contributed by atoms with E-state index in [0.29, 0.717) is 42.9 Å². The van der Waals surface area contributed by atoms with Crippen molar-refractivity contribution in [1.82, 2.24) is 24.6 Å². The van der Waals surface area contributed by atoms with Gasteiger partial charge in [0.15, 0.2) is 0 Å². The molecule has 0 aliphatic carbocycles. The molecule has 1 atom stereocenters. The van der Waals surface area contributed by atoms with Gasteiger partial charge in [-0.05, 0) is 20.3 Å². The summed E-state index contributed by atoms with van der Waals surface area (Å²) in [7, 11) is 1.82. The lowest BCUT2D eigenvalue weighted by Crippen LogP contribution is -2.31. The van der Waals surface area contributed by atoms with Crippen LogP contribution in [-0.4, -0.2) is 49.7 Å². The number of hydrogen-bond acceptors (Lipinski definition) is 5. The summed E-state index contributed by atoms with van der Waals surface area (Å²) in [6.07, 6.45) is 2.13. The first-order valence-electron chi connectivity index (χ1n) is 8.37. The quantitative estimate of drug-likeness (QED) is 0.843. The molecule has 0 N–H and O–H groups in total. The summed E-state index contributed by atoms with van der Waals surface area (Å²) in [5, 5.41) is 4.29. The molecule has 0 saturated carbocycles. The van der Waals surface area contributed by atoms with Crippen molar-refractivity contribution in [2.45, 2.75) is 39.7 Å². The lowest BCUT2D eigenvalue weighted by molar-refractivity contribution is 0.0768. The zero-order chi connectivity index (χ0) is 18.1. The van der Waals surface area contributed by atoms with Gasteiger partial charge < -0.3 is 9.64 Å². The second kappa shape index (κ2) is 6.78. The van der Waals surface area contributed by atoms with Crippen LogP contribution in [-0.2, 0) is 13.5 Å². The van der Waals surface area contributed by atoms with Gasteiger partial charge in [0.1, 0.15) is 12.4 Å². The Kier molecular flexibility index (Phi) is 4.69. The van der Waals surface area contributed by atoms with E-state index in [1.54, 1.807) is 9.58 Å². The summed E-state index contributed by atoms with van der Waals surface area (Å²) in [5.74, 6) is -0.625. The topological polar surface area (TPSA) is 73.1 Å². The highest BCUT2D eigenvalue weighted by Gasteiger charge is 2.31. The molecular formula is C17H22FN5O2.